The van der Waals surface area contributed by atoms with E-state index in [-0.39, 0.29) is 5.60 Å². The van der Waals surface area contributed by atoms with Gasteiger partial charge >= 0.3 is 0 Å². The van der Waals surface area contributed by atoms with Gasteiger partial charge in [0.05, 0.1) is 16.5 Å². The Morgan fingerprint density at radius 1 is 1.46 bits per heavy atom. The largest absolute Gasteiger partial charge is 0.386 e. The Labute approximate surface area is 152 Å². The normalized spacial score (nSPS) is 19.1. The Hall–Kier alpha value is -0.860. The highest BCUT2D eigenvalue weighted by Crippen LogP contribution is 2.26. The first-order valence-electron chi connectivity index (χ1n) is 8.17. The Morgan fingerprint density at radius 2 is 2.21 bits per heavy atom. The van der Waals surface area contributed by atoms with Crippen molar-refractivity contribution in [1.29, 1.82) is 0 Å². The molecule has 1 aromatic rings. The maximum absolute atomic E-state index is 10.2. The first-order valence-corrected chi connectivity index (χ1v) is 9.36. The van der Waals surface area contributed by atoms with E-state index in [1.54, 1.807) is 13.2 Å². The SMILES string of the molecule is CCNC(=NCC1(OC)CCOCC1)NCC(O)c1ccc(Cl)s1. The zero-order valence-corrected chi connectivity index (χ0v) is 15.8. The van der Waals surface area contributed by atoms with E-state index in [2.05, 4.69) is 15.6 Å². The standard InChI is InChI=1S/C16H26ClN3O3S/c1-3-18-15(19-10-12(21)13-4-5-14(17)24-13)20-11-16(22-2)6-8-23-9-7-16/h4-5,12,21H,3,6-11H2,1-2H3,(H2,18,19,20). The van der Waals surface area contributed by atoms with Crippen LogP contribution < -0.4 is 10.6 Å². The van der Waals surface area contributed by atoms with Crippen molar-refractivity contribution < 1.29 is 14.6 Å². The molecule has 0 bridgehead atoms. The Bertz CT molecular complexity index is 532. The molecular weight excluding hydrogens is 350 g/mol. The maximum Gasteiger partial charge on any atom is 0.191 e. The van der Waals surface area contributed by atoms with E-state index in [1.807, 2.05) is 13.0 Å². The van der Waals surface area contributed by atoms with Gasteiger partial charge in [0.15, 0.2) is 5.96 Å². The zero-order chi connectivity index (χ0) is 17.4. The lowest BCUT2D eigenvalue weighted by atomic mass is 9.94. The van der Waals surface area contributed by atoms with Gasteiger partial charge < -0.3 is 25.2 Å². The quantitative estimate of drug-likeness (QED) is 0.503. The molecule has 8 heteroatoms. The van der Waals surface area contributed by atoms with Crippen LogP contribution in [0.25, 0.3) is 0 Å². The van der Waals surface area contributed by atoms with E-state index in [0.29, 0.717) is 36.6 Å². The van der Waals surface area contributed by atoms with Gasteiger partial charge in [0.2, 0.25) is 0 Å². The molecule has 0 aromatic carbocycles. The van der Waals surface area contributed by atoms with Gasteiger partial charge in [-0.25, -0.2) is 0 Å². The molecule has 24 heavy (non-hydrogen) atoms. The first kappa shape index (κ1) is 19.5. The van der Waals surface area contributed by atoms with Crippen LogP contribution in [0.15, 0.2) is 17.1 Å². The molecular formula is C16H26ClN3O3S. The van der Waals surface area contributed by atoms with E-state index >= 15 is 0 Å². The number of rotatable bonds is 7. The average molecular weight is 376 g/mol. The molecule has 1 aliphatic rings. The molecule has 6 nitrogen and oxygen atoms in total. The summed E-state index contributed by atoms with van der Waals surface area (Å²) in [6, 6.07) is 3.63. The van der Waals surface area contributed by atoms with Crippen molar-refractivity contribution in [1.82, 2.24) is 10.6 Å². The molecule has 0 radical (unpaired) electrons. The van der Waals surface area contributed by atoms with Gasteiger partial charge in [-0.2, -0.15) is 0 Å². The molecule has 0 spiro atoms. The molecule has 1 aliphatic heterocycles. The van der Waals surface area contributed by atoms with Crippen molar-refractivity contribution >= 4 is 28.9 Å². The summed E-state index contributed by atoms with van der Waals surface area (Å²) >= 11 is 7.29. The maximum atomic E-state index is 10.2. The summed E-state index contributed by atoms with van der Waals surface area (Å²) < 4.78 is 11.8. The van der Waals surface area contributed by atoms with Crippen LogP contribution in [-0.2, 0) is 9.47 Å². The fraction of sp³-hybridized carbons (Fsp3) is 0.688. The minimum Gasteiger partial charge on any atom is -0.386 e. The molecule has 0 saturated carbocycles. The zero-order valence-electron chi connectivity index (χ0n) is 14.2. The number of aliphatic hydroxyl groups excluding tert-OH is 1. The fourth-order valence-corrected chi connectivity index (χ4v) is 3.58. The molecule has 0 aliphatic carbocycles. The molecule has 2 heterocycles. The highest BCUT2D eigenvalue weighted by Gasteiger charge is 2.32. The number of aliphatic imine (C=N–C) groups is 1. The number of hydrogen-bond donors (Lipinski definition) is 3. The molecule has 1 aromatic heterocycles. The smallest absolute Gasteiger partial charge is 0.191 e. The minimum absolute atomic E-state index is 0.263. The van der Waals surface area contributed by atoms with Crippen LogP contribution in [0.3, 0.4) is 0 Å². The van der Waals surface area contributed by atoms with Crippen LogP contribution >= 0.6 is 22.9 Å². The number of guanidine groups is 1. The molecule has 2 rings (SSSR count). The summed E-state index contributed by atoms with van der Waals surface area (Å²) in [6.45, 7) is 5.08. The number of ether oxygens (including phenoxy) is 2. The summed E-state index contributed by atoms with van der Waals surface area (Å²) in [5.74, 6) is 0.669. The summed E-state index contributed by atoms with van der Waals surface area (Å²) in [5.41, 5.74) is -0.263. The molecule has 1 atom stereocenters. The lowest BCUT2D eigenvalue weighted by molar-refractivity contribution is -0.0828. The predicted octanol–water partition coefficient (Wildman–Crippen LogP) is 2.19. The van der Waals surface area contributed by atoms with Gasteiger partial charge in [-0.15, -0.1) is 11.3 Å². The monoisotopic (exact) mass is 375 g/mol. The molecule has 3 N–H and O–H groups in total. The van der Waals surface area contributed by atoms with Gasteiger partial charge in [-0.05, 0) is 19.1 Å². The second kappa shape index (κ2) is 9.58. The predicted molar refractivity (Wildman–Crippen MR) is 98.1 cm³/mol. The van der Waals surface area contributed by atoms with Gasteiger partial charge in [0.1, 0.15) is 6.10 Å². The topological polar surface area (TPSA) is 75.1 Å². The number of methoxy groups -OCH3 is 1. The van der Waals surface area contributed by atoms with Gasteiger partial charge in [-0.1, -0.05) is 11.6 Å². The number of nitrogens with one attached hydrogen (secondary N) is 2. The summed E-state index contributed by atoms with van der Waals surface area (Å²) in [5, 5.41) is 16.6. The van der Waals surface area contributed by atoms with Gasteiger partial charge in [0, 0.05) is 51.1 Å². The van der Waals surface area contributed by atoms with Crippen LogP contribution in [0.5, 0.6) is 0 Å². The van der Waals surface area contributed by atoms with Crippen LogP contribution in [0.2, 0.25) is 4.34 Å². The number of thiophene rings is 1. The third-order valence-corrected chi connectivity index (χ3v) is 5.42. The van der Waals surface area contributed by atoms with Crippen LogP contribution in [0, 0.1) is 0 Å². The lowest BCUT2D eigenvalue weighted by Gasteiger charge is -2.34. The van der Waals surface area contributed by atoms with E-state index in [1.165, 1.54) is 11.3 Å². The highest BCUT2D eigenvalue weighted by atomic mass is 35.5. The van der Waals surface area contributed by atoms with Gasteiger partial charge in [-0.3, -0.25) is 4.99 Å². The second-order valence-electron chi connectivity index (χ2n) is 5.73. The summed E-state index contributed by atoms with van der Waals surface area (Å²) in [6.07, 6.45) is 1.05. The molecule has 0 amide bonds. The molecule has 136 valence electrons. The van der Waals surface area contributed by atoms with Crippen molar-refractivity contribution in [2.24, 2.45) is 4.99 Å². The molecule has 1 unspecified atom stereocenters. The van der Waals surface area contributed by atoms with Crippen molar-refractivity contribution in [2.45, 2.75) is 31.5 Å². The fourth-order valence-electron chi connectivity index (χ4n) is 2.54. The molecule has 1 saturated heterocycles. The second-order valence-corrected chi connectivity index (χ2v) is 7.48. The van der Waals surface area contributed by atoms with E-state index in [4.69, 9.17) is 21.1 Å². The van der Waals surface area contributed by atoms with E-state index in [0.717, 1.165) is 24.3 Å². The first-order chi connectivity index (χ1) is 11.6. The minimum atomic E-state index is -0.620. The highest BCUT2D eigenvalue weighted by molar-refractivity contribution is 7.16. The van der Waals surface area contributed by atoms with Gasteiger partial charge in [0.25, 0.3) is 0 Å². The summed E-state index contributed by atoms with van der Waals surface area (Å²) in [4.78, 5) is 5.47. The Morgan fingerprint density at radius 3 is 2.79 bits per heavy atom. The van der Waals surface area contributed by atoms with E-state index < -0.39 is 6.10 Å². The number of aliphatic hydroxyl groups is 1. The third kappa shape index (κ3) is 5.60. The van der Waals surface area contributed by atoms with Crippen LogP contribution in [0.1, 0.15) is 30.7 Å². The molecule has 1 fully saturated rings. The van der Waals surface area contributed by atoms with Crippen molar-refractivity contribution in [3.8, 4) is 0 Å². The average Bonchev–Trinajstić information content (AvgIpc) is 3.04. The summed E-state index contributed by atoms with van der Waals surface area (Å²) in [7, 11) is 1.73. The van der Waals surface area contributed by atoms with Crippen molar-refractivity contribution in [3.63, 3.8) is 0 Å². The number of halogens is 1. The van der Waals surface area contributed by atoms with Crippen LogP contribution in [-0.4, -0.2) is 56.6 Å². The number of hydrogen-bond acceptors (Lipinski definition) is 5. The Kier molecular flexibility index (Phi) is 7.77. The third-order valence-electron chi connectivity index (χ3n) is 4.09. The van der Waals surface area contributed by atoms with E-state index in [9.17, 15) is 5.11 Å². The Balaban J connectivity index is 1.92. The number of nitrogens with zero attached hydrogens (tertiary/aromatic N) is 1. The van der Waals surface area contributed by atoms with Crippen molar-refractivity contribution in [2.75, 3.05) is 40.0 Å². The van der Waals surface area contributed by atoms with Crippen LogP contribution in [0.4, 0.5) is 0 Å². The van der Waals surface area contributed by atoms with Crippen molar-refractivity contribution in [3.05, 3.63) is 21.3 Å². The lowest BCUT2D eigenvalue weighted by Crippen LogP contribution is -2.44.